The fourth-order valence-electron chi connectivity index (χ4n) is 1.33. The first kappa shape index (κ1) is 10.4. The Labute approximate surface area is 97.9 Å². The van der Waals surface area contributed by atoms with Gasteiger partial charge < -0.3 is 4.74 Å². The Bertz CT molecular complexity index is 527. The molecule has 2 rings (SSSR count). The number of aryl methyl sites for hydroxylation is 1. The molecule has 0 bridgehead atoms. The second kappa shape index (κ2) is 4.16. The van der Waals surface area contributed by atoms with E-state index >= 15 is 0 Å². The lowest BCUT2D eigenvalue weighted by Gasteiger charge is -2.01. The Kier molecular flexibility index (Phi) is 2.88. The summed E-state index contributed by atoms with van der Waals surface area (Å²) in [6, 6.07) is 10.0. The number of aromatic nitrogens is 1. The number of methoxy groups -OCH3 is 1. The highest BCUT2D eigenvalue weighted by Crippen LogP contribution is 2.27. The molecule has 0 atom stereocenters. The highest BCUT2D eigenvalue weighted by molar-refractivity contribution is 7.71. The van der Waals surface area contributed by atoms with Crippen molar-refractivity contribution in [3.63, 3.8) is 0 Å². The molecule has 1 heterocycles. The average molecular weight is 237 g/mol. The predicted molar refractivity (Wildman–Crippen MR) is 66.1 cm³/mol. The summed E-state index contributed by atoms with van der Waals surface area (Å²) < 4.78 is 8.02. The monoisotopic (exact) mass is 237 g/mol. The Morgan fingerprint density at radius 1 is 1.33 bits per heavy atom. The molecular weight excluding hydrogens is 226 g/mol. The van der Waals surface area contributed by atoms with Gasteiger partial charge in [-0.1, -0.05) is 35.9 Å². The third-order valence-electron chi connectivity index (χ3n) is 2.15. The minimum Gasteiger partial charge on any atom is -0.497 e. The maximum absolute atomic E-state index is 5.19. The average Bonchev–Trinajstić information content (AvgIpc) is 2.59. The van der Waals surface area contributed by atoms with Gasteiger partial charge in [0, 0.05) is 7.05 Å². The standard InChI is InChI=1S/C11H11NOS2/c1-12-11(14)7-10(15-12)8-4-3-5-9(6-8)13-2/h3-7H,1-2H3. The van der Waals surface area contributed by atoms with Crippen LogP contribution in [0.25, 0.3) is 10.4 Å². The van der Waals surface area contributed by atoms with Crippen molar-refractivity contribution in [1.82, 2.24) is 3.96 Å². The number of ether oxygens (including phenoxy) is 1. The lowest BCUT2D eigenvalue weighted by Crippen LogP contribution is -1.82. The zero-order valence-corrected chi connectivity index (χ0v) is 10.2. The molecule has 0 saturated heterocycles. The van der Waals surface area contributed by atoms with Gasteiger partial charge in [0.1, 0.15) is 10.4 Å². The lowest BCUT2D eigenvalue weighted by molar-refractivity contribution is 0.415. The first-order valence-electron chi connectivity index (χ1n) is 4.52. The van der Waals surface area contributed by atoms with E-state index in [0.29, 0.717) is 0 Å². The summed E-state index contributed by atoms with van der Waals surface area (Å²) >= 11 is 6.82. The first-order chi connectivity index (χ1) is 7.20. The molecule has 0 radical (unpaired) electrons. The van der Waals surface area contributed by atoms with Crippen molar-refractivity contribution in [1.29, 1.82) is 0 Å². The molecule has 15 heavy (non-hydrogen) atoms. The smallest absolute Gasteiger partial charge is 0.119 e. The molecule has 1 aromatic heterocycles. The Balaban J connectivity index is 2.49. The van der Waals surface area contributed by atoms with Gasteiger partial charge in [0.25, 0.3) is 0 Å². The molecule has 0 aliphatic heterocycles. The van der Waals surface area contributed by atoms with Gasteiger partial charge in [-0.05, 0) is 23.8 Å². The van der Waals surface area contributed by atoms with Crippen molar-refractivity contribution < 1.29 is 4.74 Å². The third kappa shape index (κ3) is 2.11. The Morgan fingerprint density at radius 2 is 2.13 bits per heavy atom. The molecule has 0 aliphatic rings. The summed E-state index contributed by atoms with van der Waals surface area (Å²) in [6.07, 6.45) is 0. The van der Waals surface area contributed by atoms with Crippen molar-refractivity contribution in [2.24, 2.45) is 7.05 Å². The van der Waals surface area contributed by atoms with E-state index in [2.05, 4.69) is 6.07 Å². The van der Waals surface area contributed by atoms with Gasteiger partial charge in [0.05, 0.1) is 12.0 Å². The second-order valence-electron chi connectivity index (χ2n) is 3.17. The first-order valence-corrected chi connectivity index (χ1v) is 5.70. The SMILES string of the molecule is COc1cccc(-c2cc(=S)n(C)s2)c1. The van der Waals surface area contributed by atoms with Crippen LogP contribution in [0, 0.1) is 4.64 Å². The largest absolute Gasteiger partial charge is 0.497 e. The quantitative estimate of drug-likeness (QED) is 0.742. The van der Waals surface area contributed by atoms with Gasteiger partial charge in [0.2, 0.25) is 0 Å². The number of nitrogens with zero attached hydrogens (tertiary/aromatic N) is 1. The van der Waals surface area contributed by atoms with Crippen LogP contribution in [0.4, 0.5) is 0 Å². The van der Waals surface area contributed by atoms with Crippen LogP contribution in [0.15, 0.2) is 30.3 Å². The number of hydrogen-bond donors (Lipinski definition) is 0. The molecule has 2 aromatic rings. The van der Waals surface area contributed by atoms with E-state index in [1.807, 2.05) is 35.3 Å². The Hall–Kier alpha value is -1.13. The number of hydrogen-bond acceptors (Lipinski definition) is 3. The van der Waals surface area contributed by atoms with Crippen LogP contribution in [0.1, 0.15) is 0 Å². The van der Waals surface area contributed by atoms with E-state index in [4.69, 9.17) is 17.0 Å². The number of rotatable bonds is 2. The molecule has 0 aliphatic carbocycles. The highest BCUT2D eigenvalue weighted by Gasteiger charge is 2.03. The number of benzene rings is 1. The normalized spacial score (nSPS) is 10.3. The van der Waals surface area contributed by atoms with Crippen LogP contribution >= 0.6 is 23.8 Å². The molecular formula is C11H11NOS2. The molecule has 0 spiro atoms. The maximum atomic E-state index is 5.19. The summed E-state index contributed by atoms with van der Waals surface area (Å²) in [6.45, 7) is 0. The fraction of sp³-hybridized carbons (Fsp3) is 0.182. The topological polar surface area (TPSA) is 14.2 Å². The maximum Gasteiger partial charge on any atom is 0.119 e. The summed E-state index contributed by atoms with van der Waals surface area (Å²) in [5.74, 6) is 0.870. The van der Waals surface area contributed by atoms with Gasteiger partial charge in [-0.3, -0.25) is 3.96 Å². The molecule has 0 saturated carbocycles. The summed E-state index contributed by atoms with van der Waals surface area (Å²) in [5.41, 5.74) is 1.14. The summed E-state index contributed by atoms with van der Waals surface area (Å²) in [5, 5.41) is 0. The predicted octanol–water partition coefficient (Wildman–Crippen LogP) is 3.49. The zero-order chi connectivity index (χ0) is 10.8. The Morgan fingerprint density at radius 3 is 2.73 bits per heavy atom. The van der Waals surface area contributed by atoms with Crippen LogP contribution < -0.4 is 4.74 Å². The molecule has 4 heteroatoms. The highest BCUT2D eigenvalue weighted by atomic mass is 32.1. The minimum absolute atomic E-state index is 0.859. The summed E-state index contributed by atoms with van der Waals surface area (Å²) in [4.78, 5) is 1.17. The minimum atomic E-state index is 0.859. The van der Waals surface area contributed by atoms with Crippen molar-refractivity contribution in [2.75, 3.05) is 7.11 Å². The lowest BCUT2D eigenvalue weighted by atomic mass is 10.2. The van der Waals surface area contributed by atoms with Gasteiger partial charge in [-0.15, -0.1) is 0 Å². The van der Waals surface area contributed by atoms with Gasteiger partial charge in [-0.25, -0.2) is 0 Å². The fourth-order valence-corrected chi connectivity index (χ4v) is 2.47. The van der Waals surface area contributed by atoms with E-state index in [1.54, 1.807) is 18.6 Å². The third-order valence-corrected chi connectivity index (χ3v) is 3.68. The van der Waals surface area contributed by atoms with E-state index in [-0.39, 0.29) is 0 Å². The van der Waals surface area contributed by atoms with Crippen molar-refractivity contribution in [3.05, 3.63) is 35.0 Å². The van der Waals surface area contributed by atoms with Crippen molar-refractivity contribution in [3.8, 4) is 16.2 Å². The van der Waals surface area contributed by atoms with Crippen LogP contribution in [0.5, 0.6) is 5.75 Å². The van der Waals surface area contributed by atoms with Gasteiger partial charge >= 0.3 is 0 Å². The van der Waals surface area contributed by atoms with Crippen LogP contribution in [0.3, 0.4) is 0 Å². The van der Waals surface area contributed by atoms with Crippen molar-refractivity contribution in [2.45, 2.75) is 0 Å². The van der Waals surface area contributed by atoms with Gasteiger partial charge in [0.15, 0.2) is 0 Å². The molecule has 0 amide bonds. The van der Waals surface area contributed by atoms with E-state index in [9.17, 15) is 0 Å². The molecule has 1 aromatic carbocycles. The van der Waals surface area contributed by atoms with E-state index < -0.39 is 0 Å². The second-order valence-corrected chi connectivity index (χ2v) is 4.76. The molecule has 78 valence electrons. The van der Waals surface area contributed by atoms with Crippen molar-refractivity contribution >= 4 is 23.8 Å². The van der Waals surface area contributed by atoms with E-state index in [0.717, 1.165) is 16.0 Å². The summed E-state index contributed by atoms with van der Waals surface area (Å²) in [7, 11) is 3.64. The molecule has 0 fully saturated rings. The molecule has 0 N–H and O–H groups in total. The van der Waals surface area contributed by atoms with Crippen LogP contribution in [-0.2, 0) is 7.05 Å². The molecule has 0 unspecified atom stereocenters. The molecule has 2 nitrogen and oxygen atoms in total. The van der Waals surface area contributed by atoms with Crippen LogP contribution in [0.2, 0.25) is 0 Å². The van der Waals surface area contributed by atoms with Gasteiger partial charge in [-0.2, -0.15) is 0 Å². The van der Waals surface area contributed by atoms with E-state index in [1.165, 1.54) is 4.88 Å². The zero-order valence-electron chi connectivity index (χ0n) is 8.56. The van der Waals surface area contributed by atoms with Crippen LogP contribution in [-0.4, -0.2) is 11.1 Å².